The van der Waals surface area contributed by atoms with Crippen LogP contribution in [0.15, 0.2) is 54.2 Å². The maximum atomic E-state index is 13.9. The minimum absolute atomic E-state index is 0.0327. The summed E-state index contributed by atoms with van der Waals surface area (Å²) < 4.78 is 24.3. The molecule has 150 valence electrons. The van der Waals surface area contributed by atoms with E-state index in [-0.39, 0.29) is 35.7 Å². The van der Waals surface area contributed by atoms with E-state index in [1.54, 1.807) is 48.5 Å². The maximum absolute atomic E-state index is 13.9. The molecule has 0 radical (unpaired) electrons. The Morgan fingerprint density at radius 2 is 1.86 bits per heavy atom. The summed E-state index contributed by atoms with van der Waals surface area (Å²) in [4.78, 5) is 27.1. The molecule has 1 fully saturated rings. The normalized spacial score (nSPS) is 15.2. The second kappa shape index (κ2) is 8.83. The van der Waals surface area contributed by atoms with Gasteiger partial charge in [0.1, 0.15) is 30.4 Å². The second-order valence-corrected chi connectivity index (χ2v) is 6.62. The van der Waals surface area contributed by atoms with Crippen molar-refractivity contribution in [2.45, 2.75) is 6.61 Å². The number of rotatable bonds is 6. The summed E-state index contributed by atoms with van der Waals surface area (Å²) in [5, 5.41) is 0.205. The first kappa shape index (κ1) is 20.5. The van der Waals surface area contributed by atoms with Crippen molar-refractivity contribution in [1.82, 2.24) is 9.80 Å². The number of benzene rings is 2. The third kappa shape index (κ3) is 4.43. The number of likely N-dealkylation sites (N-methyl/N-ethyl adjacent to an activating group) is 1. The topological polar surface area (TPSA) is 59.1 Å². The highest BCUT2D eigenvalue weighted by molar-refractivity contribution is 7.80. The van der Waals surface area contributed by atoms with Gasteiger partial charge >= 0.3 is 5.97 Å². The molecule has 1 heterocycles. The fraction of sp³-hybridized carbons (Fsp3) is 0.190. The number of amides is 1. The molecule has 3 rings (SSSR count). The van der Waals surface area contributed by atoms with Crippen LogP contribution in [-0.4, -0.2) is 47.5 Å². The Balaban J connectivity index is 1.90. The average molecular weight is 414 g/mol. The molecule has 1 aliphatic heterocycles. The highest BCUT2D eigenvalue weighted by atomic mass is 32.1. The van der Waals surface area contributed by atoms with Crippen molar-refractivity contribution in [3.05, 3.63) is 71.2 Å². The molecule has 8 heteroatoms. The van der Waals surface area contributed by atoms with Crippen LogP contribution in [0.1, 0.15) is 11.1 Å². The van der Waals surface area contributed by atoms with E-state index in [1.807, 2.05) is 0 Å². The van der Waals surface area contributed by atoms with Gasteiger partial charge in [0.2, 0.25) is 0 Å². The molecule has 0 aromatic heterocycles. The highest BCUT2D eigenvalue weighted by Gasteiger charge is 2.36. The van der Waals surface area contributed by atoms with Crippen LogP contribution in [0.5, 0.6) is 5.75 Å². The fourth-order valence-electron chi connectivity index (χ4n) is 2.79. The number of hydrogen-bond donors (Lipinski definition) is 0. The van der Waals surface area contributed by atoms with E-state index in [0.29, 0.717) is 16.9 Å². The zero-order valence-corrected chi connectivity index (χ0v) is 16.7. The number of ether oxygens (including phenoxy) is 2. The first-order valence-corrected chi connectivity index (χ1v) is 9.16. The van der Waals surface area contributed by atoms with Crippen LogP contribution in [-0.2, 0) is 20.9 Å². The van der Waals surface area contributed by atoms with E-state index < -0.39 is 5.97 Å². The van der Waals surface area contributed by atoms with Gasteiger partial charge in [-0.15, -0.1) is 0 Å². The molecular formula is C21H19FN2O4S. The van der Waals surface area contributed by atoms with Gasteiger partial charge in [0, 0.05) is 18.2 Å². The molecule has 0 bridgehead atoms. The summed E-state index contributed by atoms with van der Waals surface area (Å²) in [6.45, 7) is -0.152. The average Bonchev–Trinajstić information content (AvgIpc) is 2.92. The molecule has 6 nitrogen and oxygen atoms in total. The Bertz CT molecular complexity index is 992. The van der Waals surface area contributed by atoms with E-state index in [4.69, 9.17) is 21.7 Å². The largest absolute Gasteiger partial charge is 0.488 e. The molecule has 1 amide bonds. The number of hydrogen-bond acceptors (Lipinski definition) is 5. The Morgan fingerprint density at radius 1 is 1.17 bits per heavy atom. The number of halogens is 1. The predicted octanol–water partition coefficient (Wildman–Crippen LogP) is 2.98. The van der Waals surface area contributed by atoms with Crippen LogP contribution in [0.3, 0.4) is 0 Å². The maximum Gasteiger partial charge on any atom is 0.325 e. The van der Waals surface area contributed by atoms with E-state index >= 15 is 0 Å². The van der Waals surface area contributed by atoms with Gasteiger partial charge in [0.15, 0.2) is 5.11 Å². The zero-order valence-electron chi connectivity index (χ0n) is 15.9. The monoisotopic (exact) mass is 414 g/mol. The smallest absolute Gasteiger partial charge is 0.325 e. The van der Waals surface area contributed by atoms with E-state index in [0.717, 1.165) is 0 Å². The lowest BCUT2D eigenvalue weighted by Crippen LogP contribution is -2.33. The van der Waals surface area contributed by atoms with Crippen molar-refractivity contribution >= 4 is 35.3 Å². The molecule has 2 aromatic rings. The Labute approximate surface area is 173 Å². The standard InChI is InChI=1S/C21H19FN2O4S/c1-23-20(26)17(24(21(23)29)12-19(25)27-2)11-14-7-4-6-10-18(14)28-13-15-8-3-5-9-16(15)22/h3-11H,12-13H2,1-2H3/b17-11-. The lowest BCUT2D eigenvalue weighted by molar-refractivity contribution is -0.140. The third-order valence-corrected chi connectivity index (χ3v) is 4.89. The van der Waals surface area contributed by atoms with Crippen molar-refractivity contribution in [1.29, 1.82) is 0 Å². The molecule has 0 atom stereocenters. The van der Waals surface area contributed by atoms with Crippen LogP contribution in [0, 0.1) is 5.82 Å². The van der Waals surface area contributed by atoms with Gasteiger partial charge in [-0.3, -0.25) is 14.5 Å². The fourth-order valence-corrected chi connectivity index (χ4v) is 3.04. The minimum Gasteiger partial charge on any atom is -0.488 e. The summed E-state index contributed by atoms with van der Waals surface area (Å²) in [7, 11) is 2.80. The second-order valence-electron chi connectivity index (χ2n) is 6.26. The Kier molecular flexibility index (Phi) is 6.23. The van der Waals surface area contributed by atoms with Crippen LogP contribution in [0.2, 0.25) is 0 Å². The lowest BCUT2D eigenvalue weighted by Gasteiger charge is -2.17. The van der Waals surface area contributed by atoms with Gasteiger partial charge in [-0.1, -0.05) is 36.4 Å². The van der Waals surface area contributed by atoms with Gasteiger partial charge in [-0.2, -0.15) is 0 Å². The molecule has 0 N–H and O–H groups in total. The molecular weight excluding hydrogens is 395 g/mol. The zero-order chi connectivity index (χ0) is 21.0. The van der Waals surface area contributed by atoms with Crippen molar-refractivity contribution in [2.24, 2.45) is 0 Å². The Morgan fingerprint density at radius 3 is 2.59 bits per heavy atom. The van der Waals surface area contributed by atoms with E-state index in [1.165, 1.54) is 30.0 Å². The molecule has 0 unspecified atom stereocenters. The molecule has 0 saturated carbocycles. The summed E-state index contributed by atoms with van der Waals surface area (Å²) in [6, 6.07) is 13.4. The summed E-state index contributed by atoms with van der Waals surface area (Å²) in [5.74, 6) is -0.756. The van der Waals surface area contributed by atoms with Gasteiger partial charge in [0.25, 0.3) is 5.91 Å². The van der Waals surface area contributed by atoms with Crippen molar-refractivity contribution in [3.63, 3.8) is 0 Å². The van der Waals surface area contributed by atoms with Gasteiger partial charge < -0.3 is 14.4 Å². The summed E-state index contributed by atoms with van der Waals surface area (Å²) in [5.41, 5.74) is 1.24. The number of methoxy groups -OCH3 is 1. The molecule has 0 aliphatic carbocycles. The van der Waals surface area contributed by atoms with Gasteiger partial charge in [0.05, 0.1) is 7.11 Å². The van der Waals surface area contributed by atoms with Crippen molar-refractivity contribution in [3.8, 4) is 5.75 Å². The lowest BCUT2D eigenvalue weighted by atomic mass is 10.1. The number of thiocarbonyl (C=S) groups is 1. The molecule has 0 spiro atoms. The highest BCUT2D eigenvalue weighted by Crippen LogP contribution is 2.27. The van der Waals surface area contributed by atoms with Crippen molar-refractivity contribution in [2.75, 3.05) is 20.7 Å². The summed E-state index contributed by atoms with van der Waals surface area (Å²) in [6.07, 6.45) is 1.59. The number of esters is 1. The molecule has 1 saturated heterocycles. The number of nitrogens with zero attached hydrogens (tertiary/aromatic N) is 2. The molecule has 2 aromatic carbocycles. The minimum atomic E-state index is -0.523. The van der Waals surface area contributed by atoms with Crippen LogP contribution < -0.4 is 4.74 Å². The Hall–Kier alpha value is -3.26. The van der Waals surface area contributed by atoms with E-state index in [9.17, 15) is 14.0 Å². The number of carbonyl (C=O) groups excluding carboxylic acids is 2. The van der Waals surface area contributed by atoms with Crippen molar-refractivity contribution < 1.29 is 23.5 Å². The predicted molar refractivity (Wildman–Crippen MR) is 109 cm³/mol. The molecule has 29 heavy (non-hydrogen) atoms. The van der Waals surface area contributed by atoms with Gasteiger partial charge in [-0.25, -0.2) is 4.39 Å². The first-order chi connectivity index (χ1) is 13.9. The van der Waals surface area contributed by atoms with E-state index in [2.05, 4.69) is 0 Å². The third-order valence-electron chi connectivity index (χ3n) is 4.40. The van der Waals surface area contributed by atoms with Gasteiger partial charge in [-0.05, 0) is 30.4 Å². The van der Waals surface area contributed by atoms with Crippen LogP contribution in [0.4, 0.5) is 4.39 Å². The van der Waals surface area contributed by atoms with Crippen LogP contribution >= 0.6 is 12.2 Å². The SMILES string of the molecule is COC(=O)CN1C(=S)N(C)C(=O)/C1=C/c1ccccc1OCc1ccccc1F. The van der Waals surface area contributed by atoms with Crippen LogP contribution in [0.25, 0.3) is 6.08 Å². The molecule has 1 aliphatic rings. The quantitative estimate of drug-likeness (QED) is 0.412. The number of carbonyl (C=O) groups is 2. The first-order valence-electron chi connectivity index (χ1n) is 8.75. The number of para-hydroxylation sites is 1. The summed E-state index contributed by atoms with van der Waals surface area (Å²) >= 11 is 5.27.